The molecule has 0 unspecified atom stereocenters. The van der Waals surface area contributed by atoms with E-state index >= 15 is 0 Å². The van der Waals surface area contributed by atoms with Gasteiger partial charge in [-0.25, -0.2) is 4.79 Å². The van der Waals surface area contributed by atoms with E-state index in [1.807, 2.05) is 0 Å². The van der Waals surface area contributed by atoms with Gasteiger partial charge in [0.2, 0.25) is 11.8 Å². The van der Waals surface area contributed by atoms with E-state index in [1.54, 1.807) is 31.4 Å². The minimum atomic E-state index is -1.08. The number of carbonyl (C=O) groups excluding carboxylic acids is 4. The standard InChI is InChI=1S/C21H22Br2N2O6/c1-9(21(29)31-8-14(26)24-10-3-5-11(30-2)6-4-10)25-19(27)15-12-7-13(16(15)20(25)28)18(23)17(12)22/h3-6,9,12-13,15-18H,7-8H2,1-2H3,(H,24,26)/t9-,12+,13+,15+,16+,17-,18-/m0/s1. The number of rotatable bonds is 6. The molecule has 2 saturated carbocycles. The number of benzene rings is 1. The van der Waals surface area contributed by atoms with E-state index in [0.29, 0.717) is 11.4 Å². The van der Waals surface area contributed by atoms with Crippen molar-refractivity contribution in [2.45, 2.75) is 29.0 Å². The van der Waals surface area contributed by atoms with Crippen LogP contribution in [0.25, 0.3) is 0 Å². The zero-order chi connectivity index (χ0) is 22.4. The third-order valence-electron chi connectivity index (χ3n) is 6.47. The molecule has 0 radical (unpaired) electrons. The van der Waals surface area contributed by atoms with Crippen molar-refractivity contribution >= 4 is 61.2 Å². The number of imide groups is 1. The third kappa shape index (κ3) is 3.77. The second-order valence-electron chi connectivity index (χ2n) is 8.11. The van der Waals surface area contributed by atoms with E-state index in [-0.39, 0.29) is 33.3 Å². The van der Waals surface area contributed by atoms with E-state index < -0.39 is 36.4 Å². The number of hydrogen-bond donors (Lipinski definition) is 1. The number of esters is 1. The average molecular weight is 558 g/mol. The molecule has 8 nitrogen and oxygen atoms in total. The van der Waals surface area contributed by atoms with Gasteiger partial charge in [0.05, 0.1) is 18.9 Å². The molecular weight excluding hydrogens is 536 g/mol. The van der Waals surface area contributed by atoms with E-state index in [4.69, 9.17) is 9.47 Å². The second-order valence-corrected chi connectivity index (χ2v) is 10.2. The highest BCUT2D eigenvalue weighted by Gasteiger charge is 2.67. The molecule has 1 aromatic carbocycles. The van der Waals surface area contributed by atoms with Crippen LogP contribution in [-0.4, -0.2) is 58.0 Å². The van der Waals surface area contributed by atoms with E-state index in [2.05, 4.69) is 37.2 Å². The Morgan fingerprint density at radius 1 is 1.10 bits per heavy atom. The van der Waals surface area contributed by atoms with Crippen LogP contribution >= 0.6 is 31.9 Å². The topological polar surface area (TPSA) is 102 Å². The van der Waals surface area contributed by atoms with Gasteiger partial charge in [-0.1, -0.05) is 31.9 Å². The molecule has 1 aliphatic heterocycles. The third-order valence-corrected chi connectivity index (χ3v) is 9.68. The summed E-state index contributed by atoms with van der Waals surface area (Å²) < 4.78 is 10.1. The van der Waals surface area contributed by atoms with Crippen LogP contribution in [0.2, 0.25) is 0 Å². The number of nitrogens with zero attached hydrogens (tertiary/aromatic N) is 1. The fraction of sp³-hybridized carbons (Fsp3) is 0.524. The number of amides is 3. The number of ether oxygens (including phenoxy) is 2. The smallest absolute Gasteiger partial charge is 0.329 e. The molecule has 3 amide bonds. The van der Waals surface area contributed by atoms with Crippen molar-refractivity contribution in [2.24, 2.45) is 23.7 Å². The summed E-state index contributed by atoms with van der Waals surface area (Å²) in [6, 6.07) is 5.61. The molecule has 7 atom stereocenters. The number of fused-ring (bicyclic) bond motifs is 5. The first-order valence-corrected chi connectivity index (χ1v) is 11.8. The quantitative estimate of drug-likeness (QED) is 0.327. The zero-order valence-electron chi connectivity index (χ0n) is 16.9. The van der Waals surface area contributed by atoms with Crippen molar-refractivity contribution in [3.63, 3.8) is 0 Å². The fourth-order valence-corrected chi connectivity index (χ4v) is 6.86. The fourth-order valence-electron chi connectivity index (χ4n) is 4.99. The summed E-state index contributed by atoms with van der Waals surface area (Å²) >= 11 is 7.27. The molecule has 2 aliphatic carbocycles. The maximum atomic E-state index is 13.0. The van der Waals surface area contributed by atoms with Crippen LogP contribution in [0.1, 0.15) is 13.3 Å². The Morgan fingerprint density at radius 3 is 2.16 bits per heavy atom. The minimum Gasteiger partial charge on any atom is -0.497 e. The molecule has 1 saturated heterocycles. The van der Waals surface area contributed by atoms with E-state index in [0.717, 1.165) is 11.3 Å². The molecule has 10 heteroatoms. The predicted molar refractivity (Wildman–Crippen MR) is 118 cm³/mol. The van der Waals surface area contributed by atoms with Crippen molar-refractivity contribution in [3.8, 4) is 5.75 Å². The highest BCUT2D eigenvalue weighted by Crippen LogP contribution is 2.60. The Hall–Kier alpha value is -1.94. The van der Waals surface area contributed by atoms with Crippen LogP contribution in [0.5, 0.6) is 5.75 Å². The Kier molecular flexibility index (Phi) is 6.13. The highest BCUT2D eigenvalue weighted by molar-refractivity contribution is 9.12. The Balaban J connectivity index is 1.34. The van der Waals surface area contributed by atoms with Crippen LogP contribution < -0.4 is 10.1 Å². The molecule has 31 heavy (non-hydrogen) atoms. The van der Waals surface area contributed by atoms with Crippen LogP contribution in [-0.2, 0) is 23.9 Å². The Labute approximate surface area is 196 Å². The van der Waals surface area contributed by atoms with Gasteiger partial charge in [0, 0.05) is 15.3 Å². The maximum Gasteiger partial charge on any atom is 0.329 e. The normalized spacial score (nSPS) is 32.1. The van der Waals surface area contributed by atoms with Crippen molar-refractivity contribution in [2.75, 3.05) is 19.0 Å². The van der Waals surface area contributed by atoms with Crippen molar-refractivity contribution < 1.29 is 28.7 Å². The number of halogens is 2. The van der Waals surface area contributed by atoms with Gasteiger partial charge in [0.15, 0.2) is 6.61 Å². The van der Waals surface area contributed by atoms with Crippen LogP contribution in [0.15, 0.2) is 24.3 Å². The SMILES string of the molecule is COc1ccc(NC(=O)COC(=O)[C@H](C)N2C(=O)[C@@H]3[C@H]4C[C@@H]([C@H](Br)[C@H]4Br)[C@H]3C2=O)cc1. The van der Waals surface area contributed by atoms with Crippen molar-refractivity contribution in [3.05, 3.63) is 24.3 Å². The Bertz CT molecular complexity index is 891. The van der Waals surface area contributed by atoms with Crippen LogP contribution in [0, 0.1) is 23.7 Å². The lowest BCUT2D eigenvalue weighted by Crippen LogP contribution is -2.45. The lowest BCUT2D eigenvalue weighted by molar-refractivity contribution is -0.159. The summed E-state index contributed by atoms with van der Waals surface area (Å²) in [5.74, 6) is -1.97. The Morgan fingerprint density at radius 2 is 1.65 bits per heavy atom. The largest absolute Gasteiger partial charge is 0.497 e. The summed E-state index contributed by atoms with van der Waals surface area (Å²) in [7, 11) is 1.54. The van der Waals surface area contributed by atoms with Gasteiger partial charge < -0.3 is 14.8 Å². The number of anilines is 1. The summed E-state index contributed by atoms with van der Waals surface area (Å²) in [6.45, 7) is 0.941. The molecule has 4 rings (SSSR count). The molecule has 3 fully saturated rings. The van der Waals surface area contributed by atoms with Gasteiger partial charge in [-0.15, -0.1) is 0 Å². The zero-order valence-corrected chi connectivity index (χ0v) is 20.1. The minimum absolute atomic E-state index is 0.0688. The van der Waals surface area contributed by atoms with E-state index in [9.17, 15) is 19.2 Å². The van der Waals surface area contributed by atoms with Gasteiger partial charge >= 0.3 is 5.97 Å². The summed E-state index contributed by atoms with van der Waals surface area (Å²) in [4.78, 5) is 51.9. The predicted octanol–water partition coefficient (Wildman–Crippen LogP) is 2.34. The first kappa shape index (κ1) is 22.3. The van der Waals surface area contributed by atoms with E-state index in [1.165, 1.54) is 6.92 Å². The van der Waals surface area contributed by atoms with Gasteiger partial charge in [-0.3, -0.25) is 19.3 Å². The summed E-state index contributed by atoms with van der Waals surface area (Å²) in [6.07, 6.45) is 0.816. The monoisotopic (exact) mass is 556 g/mol. The molecule has 1 heterocycles. The molecular formula is C21H22Br2N2O6. The van der Waals surface area contributed by atoms with Gasteiger partial charge in [-0.05, 0) is 49.4 Å². The number of hydrogen-bond acceptors (Lipinski definition) is 6. The van der Waals surface area contributed by atoms with Crippen molar-refractivity contribution in [1.82, 2.24) is 4.90 Å². The first-order chi connectivity index (χ1) is 14.7. The van der Waals surface area contributed by atoms with Crippen molar-refractivity contribution in [1.29, 1.82) is 0 Å². The molecule has 1 N–H and O–H groups in total. The molecule has 166 valence electrons. The molecule has 0 aromatic heterocycles. The molecule has 1 aromatic rings. The number of alkyl halides is 2. The van der Waals surface area contributed by atoms with Gasteiger partial charge in [0.25, 0.3) is 5.91 Å². The number of likely N-dealkylation sites (tertiary alicyclic amines) is 1. The molecule has 2 bridgehead atoms. The highest BCUT2D eigenvalue weighted by atomic mass is 79.9. The first-order valence-electron chi connectivity index (χ1n) is 10.00. The van der Waals surface area contributed by atoms with Crippen LogP contribution in [0.3, 0.4) is 0 Å². The second kappa shape index (κ2) is 8.54. The molecule has 0 spiro atoms. The van der Waals surface area contributed by atoms with Gasteiger partial charge in [0.1, 0.15) is 11.8 Å². The lowest BCUT2D eigenvalue weighted by atomic mass is 9.81. The lowest BCUT2D eigenvalue weighted by Gasteiger charge is -2.28. The average Bonchev–Trinajstić information content (AvgIpc) is 3.37. The maximum absolute atomic E-state index is 13.0. The number of nitrogens with one attached hydrogen (secondary N) is 1. The summed E-state index contributed by atoms with van der Waals surface area (Å²) in [5.41, 5.74) is 0.525. The number of methoxy groups -OCH3 is 1. The summed E-state index contributed by atoms with van der Waals surface area (Å²) in [5, 5.41) is 2.61. The molecule has 3 aliphatic rings. The van der Waals surface area contributed by atoms with Crippen LogP contribution in [0.4, 0.5) is 5.69 Å². The number of carbonyl (C=O) groups is 4. The van der Waals surface area contributed by atoms with Gasteiger partial charge in [-0.2, -0.15) is 0 Å².